The highest BCUT2D eigenvalue weighted by Gasteiger charge is 2.29. The Kier molecular flexibility index (Phi) is 5.92. The van der Waals surface area contributed by atoms with E-state index in [9.17, 15) is 9.90 Å². The van der Waals surface area contributed by atoms with E-state index in [1.165, 1.54) is 32.1 Å². The topological polar surface area (TPSA) is 69.6 Å². The molecule has 0 amide bonds. The predicted molar refractivity (Wildman–Crippen MR) is 66.9 cm³/mol. The van der Waals surface area contributed by atoms with E-state index in [1.807, 2.05) is 13.8 Å². The Morgan fingerprint density at radius 2 is 1.88 bits per heavy atom. The first-order chi connectivity index (χ1) is 8.00. The smallest absolute Gasteiger partial charge is 0.334 e. The lowest BCUT2D eigenvalue weighted by atomic mass is 9.83. The molecule has 4 nitrogen and oxygen atoms in total. The fourth-order valence-corrected chi connectivity index (χ4v) is 2.67. The summed E-state index contributed by atoms with van der Waals surface area (Å²) in [6, 6.07) is -0.131. The van der Waals surface area contributed by atoms with Gasteiger partial charge in [-0.25, -0.2) is 4.79 Å². The summed E-state index contributed by atoms with van der Waals surface area (Å²) in [6.07, 6.45) is 5.58. The van der Waals surface area contributed by atoms with Crippen molar-refractivity contribution in [1.29, 1.82) is 0 Å². The Morgan fingerprint density at radius 3 is 2.35 bits per heavy atom. The van der Waals surface area contributed by atoms with Crippen LogP contribution in [0, 0.1) is 5.92 Å². The van der Waals surface area contributed by atoms with E-state index >= 15 is 0 Å². The third-order valence-corrected chi connectivity index (χ3v) is 3.49. The van der Waals surface area contributed by atoms with Gasteiger partial charge in [-0.1, -0.05) is 46.0 Å². The molecular weight excluding hydrogens is 218 g/mol. The lowest BCUT2D eigenvalue weighted by Crippen LogP contribution is -2.48. The van der Waals surface area contributed by atoms with Crippen LogP contribution in [0.2, 0.25) is 0 Å². The van der Waals surface area contributed by atoms with Gasteiger partial charge in [0.25, 0.3) is 0 Å². The van der Waals surface area contributed by atoms with Gasteiger partial charge in [-0.3, -0.25) is 0 Å². The molecule has 2 unspecified atom stereocenters. The molecule has 0 aromatic carbocycles. The number of aliphatic hydroxyl groups excluding tert-OH is 1. The maximum absolute atomic E-state index is 10.9. The number of rotatable bonds is 6. The fraction of sp³-hybridized carbons (Fsp3) is 0.923. The van der Waals surface area contributed by atoms with Crippen molar-refractivity contribution in [2.45, 2.75) is 70.6 Å². The lowest BCUT2D eigenvalue weighted by Gasteiger charge is -2.30. The van der Waals surface area contributed by atoms with Crippen molar-refractivity contribution in [2.24, 2.45) is 5.92 Å². The molecule has 0 aliphatic heterocycles. The second kappa shape index (κ2) is 6.97. The zero-order valence-corrected chi connectivity index (χ0v) is 10.9. The van der Waals surface area contributed by atoms with Gasteiger partial charge >= 0.3 is 5.97 Å². The average molecular weight is 243 g/mol. The normalized spacial score (nSPS) is 21.4. The standard InChI is InChI=1S/C13H25NO3/c1-9(2)14-11(12(15)13(16)17)8-10-6-4-3-5-7-10/h9-12,14-15H,3-8H2,1-2H3,(H,16,17). The molecule has 0 bridgehead atoms. The molecule has 0 saturated heterocycles. The van der Waals surface area contributed by atoms with Crippen LogP contribution in [0.3, 0.4) is 0 Å². The second-order valence-electron chi connectivity index (χ2n) is 5.45. The van der Waals surface area contributed by atoms with Gasteiger partial charge in [0.15, 0.2) is 6.10 Å². The molecule has 0 radical (unpaired) electrons. The van der Waals surface area contributed by atoms with Crippen molar-refractivity contribution >= 4 is 5.97 Å². The summed E-state index contributed by atoms with van der Waals surface area (Å²) in [7, 11) is 0. The number of aliphatic hydroxyl groups is 1. The zero-order valence-electron chi connectivity index (χ0n) is 10.9. The SMILES string of the molecule is CC(C)NC(CC1CCCCC1)C(O)C(=O)O. The van der Waals surface area contributed by atoms with E-state index in [0.717, 1.165) is 6.42 Å². The Balaban J connectivity index is 2.52. The third-order valence-electron chi connectivity index (χ3n) is 3.49. The number of hydrogen-bond acceptors (Lipinski definition) is 3. The minimum Gasteiger partial charge on any atom is -0.479 e. The first-order valence-corrected chi connectivity index (χ1v) is 6.67. The van der Waals surface area contributed by atoms with Crippen LogP contribution in [0.15, 0.2) is 0 Å². The Labute approximate surface area is 103 Å². The van der Waals surface area contributed by atoms with Gasteiger partial charge in [0.2, 0.25) is 0 Å². The Bertz CT molecular complexity index is 237. The van der Waals surface area contributed by atoms with Gasteiger partial charge in [-0.2, -0.15) is 0 Å². The second-order valence-corrected chi connectivity index (χ2v) is 5.45. The van der Waals surface area contributed by atoms with E-state index in [1.54, 1.807) is 0 Å². The van der Waals surface area contributed by atoms with Crippen LogP contribution in [-0.2, 0) is 4.79 Å². The summed E-state index contributed by atoms with van der Waals surface area (Å²) < 4.78 is 0. The van der Waals surface area contributed by atoms with Gasteiger partial charge in [0.1, 0.15) is 0 Å². The largest absolute Gasteiger partial charge is 0.479 e. The highest BCUT2D eigenvalue weighted by Crippen LogP contribution is 2.28. The molecule has 100 valence electrons. The molecule has 1 aliphatic rings. The van der Waals surface area contributed by atoms with Crippen LogP contribution < -0.4 is 5.32 Å². The minimum atomic E-state index is -1.29. The number of hydrogen-bond donors (Lipinski definition) is 3. The molecule has 1 fully saturated rings. The molecule has 1 rings (SSSR count). The van der Waals surface area contributed by atoms with Gasteiger partial charge in [0.05, 0.1) is 0 Å². The van der Waals surface area contributed by atoms with Crippen LogP contribution in [0.25, 0.3) is 0 Å². The molecule has 17 heavy (non-hydrogen) atoms. The summed E-state index contributed by atoms with van der Waals surface area (Å²) in [5, 5.41) is 21.8. The Morgan fingerprint density at radius 1 is 1.29 bits per heavy atom. The van der Waals surface area contributed by atoms with E-state index < -0.39 is 12.1 Å². The number of nitrogens with one attached hydrogen (secondary N) is 1. The molecule has 1 aliphatic carbocycles. The first-order valence-electron chi connectivity index (χ1n) is 6.67. The van der Waals surface area contributed by atoms with Crippen molar-refractivity contribution in [1.82, 2.24) is 5.32 Å². The van der Waals surface area contributed by atoms with Crippen LogP contribution >= 0.6 is 0 Å². The number of aliphatic carboxylic acids is 1. The van der Waals surface area contributed by atoms with E-state index in [0.29, 0.717) is 5.92 Å². The van der Waals surface area contributed by atoms with Crippen molar-refractivity contribution < 1.29 is 15.0 Å². The van der Waals surface area contributed by atoms with Crippen LogP contribution in [0.4, 0.5) is 0 Å². The lowest BCUT2D eigenvalue weighted by molar-refractivity contribution is -0.148. The van der Waals surface area contributed by atoms with Crippen molar-refractivity contribution in [3.05, 3.63) is 0 Å². The number of carboxylic acids is 1. The maximum Gasteiger partial charge on any atom is 0.334 e. The highest BCUT2D eigenvalue weighted by atomic mass is 16.4. The minimum absolute atomic E-state index is 0.192. The van der Waals surface area contributed by atoms with E-state index in [2.05, 4.69) is 5.32 Å². The predicted octanol–water partition coefficient (Wildman–Crippen LogP) is 1.77. The molecule has 1 saturated carbocycles. The molecule has 0 heterocycles. The summed E-state index contributed by atoms with van der Waals surface area (Å²) in [5.74, 6) is -0.562. The summed E-state index contributed by atoms with van der Waals surface area (Å²) >= 11 is 0. The van der Waals surface area contributed by atoms with Crippen molar-refractivity contribution in [3.8, 4) is 0 Å². The Hall–Kier alpha value is -0.610. The molecule has 0 spiro atoms. The molecule has 4 heteroatoms. The van der Waals surface area contributed by atoms with Gasteiger partial charge in [0, 0.05) is 12.1 Å². The molecule has 3 N–H and O–H groups in total. The molecule has 0 aromatic rings. The summed E-state index contributed by atoms with van der Waals surface area (Å²) in [6.45, 7) is 3.95. The maximum atomic E-state index is 10.9. The number of carboxylic acid groups (broad SMARTS) is 1. The van der Waals surface area contributed by atoms with E-state index in [-0.39, 0.29) is 12.1 Å². The molecule has 2 atom stereocenters. The van der Waals surface area contributed by atoms with Gasteiger partial charge < -0.3 is 15.5 Å². The monoisotopic (exact) mass is 243 g/mol. The van der Waals surface area contributed by atoms with Crippen molar-refractivity contribution in [2.75, 3.05) is 0 Å². The third kappa shape index (κ3) is 5.04. The zero-order chi connectivity index (χ0) is 12.8. The van der Waals surface area contributed by atoms with Crippen LogP contribution in [-0.4, -0.2) is 34.4 Å². The van der Waals surface area contributed by atoms with E-state index in [4.69, 9.17) is 5.11 Å². The summed E-state index contributed by atoms with van der Waals surface area (Å²) in [4.78, 5) is 10.9. The van der Waals surface area contributed by atoms with Gasteiger partial charge in [-0.15, -0.1) is 0 Å². The quantitative estimate of drug-likeness (QED) is 0.665. The average Bonchev–Trinajstić information content (AvgIpc) is 2.28. The summed E-state index contributed by atoms with van der Waals surface area (Å²) in [5.41, 5.74) is 0. The highest BCUT2D eigenvalue weighted by molar-refractivity contribution is 5.72. The molecule has 0 aromatic heterocycles. The van der Waals surface area contributed by atoms with Gasteiger partial charge in [-0.05, 0) is 12.3 Å². The van der Waals surface area contributed by atoms with Crippen molar-refractivity contribution in [3.63, 3.8) is 0 Å². The van der Waals surface area contributed by atoms with Crippen LogP contribution in [0.1, 0.15) is 52.4 Å². The number of carbonyl (C=O) groups is 1. The fourth-order valence-electron chi connectivity index (χ4n) is 2.67. The van der Waals surface area contributed by atoms with Crippen LogP contribution in [0.5, 0.6) is 0 Å². The first kappa shape index (κ1) is 14.5. The molecular formula is C13H25NO3.